The summed E-state index contributed by atoms with van der Waals surface area (Å²) in [7, 11) is 2.11. The molecule has 0 atom stereocenters. The number of nitrogens with zero attached hydrogens (tertiary/aromatic N) is 3. The summed E-state index contributed by atoms with van der Waals surface area (Å²) in [6.07, 6.45) is 2.34. The number of aryl methyl sites for hydroxylation is 2. The molecule has 212 valence electrons. The molecule has 7 nitrogen and oxygen atoms in total. The Labute approximate surface area is 245 Å². The van der Waals surface area contributed by atoms with Gasteiger partial charge in [0.1, 0.15) is 11.4 Å². The summed E-state index contributed by atoms with van der Waals surface area (Å²) in [6, 6.07) is 20.7. The van der Waals surface area contributed by atoms with Gasteiger partial charge in [-0.15, -0.1) is 11.6 Å². The Morgan fingerprint density at radius 2 is 1.85 bits per heavy atom. The van der Waals surface area contributed by atoms with Gasteiger partial charge in [0.15, 0.2) is 0 Å². The lowest BCUT2D eigenvalue weighted by molar-refractivity contribution is 0.0512. The number of hydrogen-bond acceptors (Lipinski definition) is 5. The Hall–Kier alpha value is -3.81. The van der Waals surface area contributed by atoms with Crippen LogP contribution in [0.15, 0.2) is 60.7 Å². The number of carbonyl (C=O) groups is 1. The molecule has 0 bridgehead atoms. The first-order valence-corrected chi connectivity index (χ1v) is 14.9. The zero-order valence-corrected chi connectivity index (χ0v) is 24.3. The first-order chi connectivity index (χ1) is 20.1. The Bertz CT molecular complexity index is 1700. The second kappa shape index (κ2) is 12.0. The zero-order chi connectivity index (χ0) is 28.3. The van der Waals surface area contributed by atoms with Gasteiger partial charge in [-0.05, 0) is 56.8 Å². The molecule has 0 amide bonds. The van der Waals surface area contributed by atoms with Crippen molar-refractivity contribution in [3.8, 4) is 16.9 Å². The summed E-state index contributed by atoms with van der Waals surface area (Å²) in [4.78, 5) is 15.8. The second-order valence-electron chi connectivity index (χ2n) is 10.6. The van der Waals surface area contributed by atoms with Gasteiger partial charge in [0.25, 0.3) is 0 Å². The molecular weight excluding hydrogens is 536 g/mol. The van der Waals surface area contributed by atoms with E-state index >= 15 is 0 Å². The molecule has 41 heavy (non-hydrogen) atoms. The van der Waals surface area contributed by atoms with Crippen molar-refractivity contribution in [1.29, 1.82) is 0 Å². The Balaban J connectivity index is 1.41. The van der Waals surface area contributed by atoms with Crippen LogP contribution in [-0.2, 0) is 30.1 Å². The minimum atomic E-state index is -0.282. The summed E-state index contributed by atoms with van der Waals surface area (Å²) in [5.41, 5.74) is 6.61. The van der Waals surface area contributed by atoms with Crippen LogP contribution in [0.1, 0.15) is 47.2 Å². The van der Waals surface area contributed by atoms with E-state index in [-0.39, 0.29) is 5.97 Å². The van der Waals surface area contributed by atoms with Crippen LogP contribution >= 0.6 is 11.6 Å². The van der Waals surface area contributed by atoms with E-state index in [0.717, 1.165) is 81.4 Å². The monoisotopic (exact) mass is 570 g/mol. The number of halogens is 1. The predicted molar refractivity (Wildman–Crippen MR) is 164 cm³/mol. The number of hydrogen-bond donors (Lipinski definition) is 1. The molecule has 0 saturated carbocycles. The van der Waals surface area contributed by atoms with E-state index in [2.05, 4.69) is 63.1 Å². The molecule has 0 aliphatic carbocycles. The summed E-state index contributed by atoms with van der Waals surface area (Å²) < 4.78 is 14.1. The fourth-order valence-electron chi connectivity index (χ4n) is 6.14. The number of para-hydroxylation sites is 1. The van der Waals surface area contributed by atoms with Gasteiger partial charge in [-0.2, -0.15) is 5.10 Å². The largest absolute Gasteiger partial charge is 0.493 e. The Morgan fingerprint density at radius 1 is 1.05 bits per heavy atom. The van der Waals surface area contributed by atoms with E-state index in [9.17, 15) is 4.79 Å². The second-order valence-corrected chi connectivity index (χ2v) is 10.8. The number of alkyl halides is 1. The number of nitrogens with one attached hydrogen (secondary N) is 1. The highest BCUT2D eigenvalue weighted by molar-refractivity contribution is 6.17. The number of esters is 1. The van der Waals surface area contributed by atoms with Crippen molar-refractivity contribution in [1.82, 2.24) is 19.7 Å². The molecule has 1 aliphatic rings. The van der Waals surface area contributed by atoms with Crippen LogP contribution in [0.3, 0.4) is 0 Å². The summed E-state index contributed by atoms with van der Waals surface area (Å²) >= 11 is 6.38. The standard InChI is InChI=1S/C33H35ClN4O3/c1-3-40-33(39)32-25(15-8-19-41-29-16-6-11-22-10-4-5-12-23(22)29)24-13-7-14-26-30-27(20-34)35-36-28(30)21-37(2)17-9-18-38(32)31(24)26/h4-7,10-14,16H,3,8-9,15,17-21H2,1-2H3,(H,35,36). The number of H-pyrrole nitrogens is 1. The predicted octanol–water partition coefficient (Wildman–Crippen LogP) is 6.95. The SMILES string of the molecule is CCOC(=O)c1c(CCCOc2cccc3ccccc23)c2cccc3c2n1CCCN(C)Cc1[nH]nc(CCl)c1-3. The topological polar surface area (TPSA) is 72.4 Å². The third kappa shape index (κ3) is 5.20. The minimum absolute atomic E-state index is 0.282. The van der Waals surface area contributed by atoms with Crippen LogP contribution in [0.4, 0.5) is 0 Å². The molecule has 0 fully saturated rings. The molecule has 0 spiro atoms. The molecule has 0 unspecified atom stereocenters. The van der Waals surface area contributed by atoms with Crippen molar-refractivity contribution in [2.45, 2.75) is 45.2 Å². The fraction of sp³-hybridized carbons (Fsp3) is 0.333. The number of ether oxygens (including phenoxy) is 2. The normalized spacial score (nSPS) is 13.8. The maximum absolute atomic E-state index is 13.6. The van der Waals surface area contributed by atoms with E-state index in [4.69, 9.17) is 21.1 Å². The average molecular weight is 571 g/mol. The van der Waals surface area contributed by atoms with E-state index in [1.807, 2.05) is 31.2 Å². The smallest absolute Gasteiger partial charge is 0.355 e. The van der Waals surface area contributed by atoms with Crippen molar-refractivity contribution < 1.29 is 14.3 Å². The first kappa shape index (κ1) is 27.4. The maximum atomic E-state index is 13.6. The lowest BCUT2D eigenvalue weighted by atomic mass is 9.98. The highest BCUT2D eigenvalue weighted by Gasteiger charge is 2.28. The molecule has 5 aromatic rings. The quantitative estimate of drug-likeness (QED) is 0.124. The first-order valence-electron chi connectivity index (χ1n) is 14.3. The van der Waals surface area contributed by atoms with Gasteiger partial charge in [-0.1, -0.05) is 54.6 Å². The fourth-order valence-corrected chi connectivity index (χ4v) is 6.34. The van der Waals surface area contributed by atoms with Crippen molar-refractivity contribution in [3.63, 3.8) is 0 Å². The maximum Gasteiger partial charge on any atom is 0.355 e. The number of rotatable bonds is 8. The molecule has 6 rings (SSSR count). The summed E-state index contributed by atoms with van der Waals surface area (Å²) in [5.74, 6) is 0.896. The van der Waals surface area contributed by atoms with Crippen molar-refractivity contribution >= 4 is 39.2 Å². The van der Waals surface area contributed by atoms with Crippen molar-refractivity contribution in [3.05, 3.63) is 83.3 Å². The molecule has 2 aromatic heterocycles. The highest BCUT2D eigenvalue weighted by atomic mass is 35.5. The van der Waals surface area contributed by atoms with Crippen LogP contribution in [0, 0.1) is 0 Å². The minimum Gasteiger partial charge on any atom is -0.493 e. The van der Waals surface area contributed by atoms with E-state index in [0.29, 0.717) is 37.8 Å². The number of carbonyl (C=O) groups excluding carboxylic acids is 1. The van der Waals surface area contributed by atoms with Gasteiger partial charge in [0.05, 0.1) is 36.0 Å². The Kier molecular flexibility index (Phi) is 7.99. The van der Waals surface area contributed by atoms with Gasteiger partial charge in [-0.3, -0.25) is 5.10 Å². The number of fused-ring (bicyclic) bond motifs is 3. The van der Waals surface area contributed by atoms with Crippen LogP contribution in [0.5, 0.6) is 5.75 Å². The summed E-state index contributed by atoms with van der Waals surface area (Å²) in [5, 5.41) is 11.1. The van der Waals surface area contributed by atoms with Gasteiger partial charge in [-0.25, -0.2) is 4.79 Å². The highest BCUT2D eigenvalue weighted by Crippen LogP contribution is 2.39. The molecular formula is C33H35ClN4O3. The molecule has 1 N–H and O–H groups in total. The Morgan fingerprint density at radius 3 is 2.71 bits per heavy atom. The lowest BCUT2D eigenvalue weighted by Gasteiger charge is -2.21. The van der Waals surface area contributed by atoms with Gasteiger partial charge < -0.3 is 18.9 Å². The number of aromatic amines is 1. The third-order valence-corrected chi connectivity index (χ3v) is 8.15. The lowest BCUT2D eigenvalue weighted by Crippen LogP contribution is -2.23. The molecule has 3 heterocycles. The van der Waals surface area contributed by atoms with Gasteiger partial charge in [0, 0.05) is 35.0 Å². The van der Waals surface area contributed by atoms with E-state index in [1.54, 1.807) is 0 Å². The van der Waals surface area contributed by atoms with Gasteiger partial charge >= 0.3 is 5.97 Å². The molecule has 1 aliphatic heterocycles. The summed E-state index contributed by atoms with van der Waals surface area (Å²) in [6.45, 7) is 5.05. The van der Waals surface area contributed by atoms with Crippen LogP contribution < -0.4 is 4.74 Å². The van der Waals surface area contributed by atoms with Crippen LogP contribution in [-0.4, -0.2) is 52.4 Å². The number of benzene rings is 3. The van der Waals surface area contributed by atoms with E-state index < -0.39 is 0 Å². The average Bonchev–Trinajstić information content (AvgIpc) is 3.53. The van der Waals surface area contributed by atoms with Gasteiger partial charge in [0.2, 0.25) is 0 Å². The third-order valence-electron chi connectivity index (χ3n) is 7.90. The van der Waals surface area contributed by atoms with Crippen molar-refractivity contribution in [2.24, 2.45) is 0 Å². The van der Waals surface area contributed by atoms with Crippen LogP contribution in [0.2, 0.25) is 0 Å². The molecule has 0 saturated heterocycles. The molecule has 0 radical (unpaired) electrons. The van der Waals surface area contributed by atoms with Crippen molar-refractivity contribution in [2.75, 3.05) is 26.8 Å². The zero-order valence-electron chi connectivity index (χ0n) is 23.6. The van der Waals surface area contributed by atoms with E-state index in [1.165, 1.54) is 0 Å². The molecule has 3 aromatic carbocycles. The molecule has 8 heteroatoms. The van der Waals surface area contributed by atoms with Crippen LogP contribution in [0.25, 0.3) is 32.8 Å². The number of aromatic nitrogens is 3.